The molecule has 0 aliphatic rings. The summed E-state index contributed by atoms with van der Waals surface area (Å²) in [6, 6.07) is 75.7. The lowest BCUT2D eigenvalue weighted by molar-refractivity contribution is 1.09. The Hall–Kier alpha value is -10.8. The van der Waals surface area contributed by atoms with Gasteiger partial charge in [-0.2, -0.15) is 26.3 Å². The molecule has 0 atom stereocenters. The molecule has 0 unspecified atom stereocenters. The van der Waals surface area contributed by atoms with E-state index in [1.807, 2.05) is 115 Å². The van der Waals surface area contributed by atoms with Gasteiger partial charge in [0.05, 0.1) is 91.6 Å². The number of aromatic nitrogens is 3. The van der Waals surface area contributed by atoms with Gasteiger partial charge in [-0.3, -0.25) is 4.98 Å². The van der Waals surface area contributed by atoms with Crippen molar-refractivity contribution in [3.63, 3.8) is 0 Å². The number of rotatable bonds is 7. The van der Waals surface area contributed by atoms with Crippen molar-refractivity contribution >= 4 is 43.6 Å². The molecular formula is C64H34N8. The maximum absolute atomic E-state index is 11.1. The molecule has 0 bridgehead atoms. The molecule has 3 aromatic heterocycles. The van der Waals surface area contributed by atoms with Crippen molar-refractivity contribution in [2.75, 3.05) is 0 Å². The number of hydrogen-bond donors (Lipinski definition) is 0. The van der Waals surface area contributed by atoms with Crippen LogP contribution >= 0.6 is 0 Å². The number of nitrogens with zero attached hydrogens (tertiary/aromatic N) is 8. The van der Waals surface area contributed by atoms with Crippen LogP contribution in [0.3, 0.4) is 0 Å². The van der Waals surface area contributed by atoms with Gasteiger partial charge < -0.3 is 9.13 Å². The van der Waals surface area contributed by atoms with Gasteiger partial charge in [-0.05, 0) is 171 Å². The Bertz CT molecular complexity index is 4160. The fourth-order valence-electron chi connectivity index (χ4n) is 10.0. The van der Waals surface area contributed by atoms with Crippen LogP contribution in [0.5, 0.6) is 0 Å². The van der Waals surface area contributed by atoms with Crippen molar-refractivity contribution in [1.82, 2.24) is 14.1 Å². The lowest BCUT2D eigenvalue weighted by Gasteiger charge is -2.20. The summed E-state index contributed by atoms with van der Waals surface area (Å²) < 4.78 is 4.56. The van der Waals surface area contributed by atoms with Gasteiger partial charge >= 0.3 is 0 Å². The molecule has 72 heavy (non-hydrogen) atoms. The molecule has 0 saturated carbocycles. The van der Waals surface area contributed by atoms with Crippen molar-refractivity contribution < 1.29 is 0 Å². The van der Waals surface area contributed by atoms with E-state index in [1.54, 1.807) is 12.4 Å². The second-order valence-corrected chi connectivity index (χ2v) is 17.6. The van der Waals surface area contributed by atoms with Gasteiger partial charge in [0, 0.05) is 39.5 Å². The maximum Gasteiger partial charge on any atom is 0.0998 e. The van der Waals surface area contributed by atoms with Gasteiger partial charge in [0.15, 0.2) is 0 Å². The fourth-order valence-corrected chi connectivity index (χ4v) is 10.0. The summed E-state index contributed by atoms with van der Waals surface area (Å²) in [6.07, 6.45) is 3.48. The molecule has 12 aromatic rings. The largest absolute Gasteiger partial charge is 0.307 e. The second kappa shape index (κ2) is 17.4. The minimum absolute atomic E-state index is 0.491. The summed E-state index contributed by atoms with van der Waals surface area (Å²) in [5, 5.41) is 53.4. The van der Waals surface area contributed by atoms with E-state index in [4.69, 9.17) is 0 Å². The van der Waals surface area contributed by atoms with Crippen molar-refractivity contribution in [3.05, 3.63) is 234 Å². The molecule has 9 aromatic carbocycles. The van der Waals surface area contributed by atoms with Crippen LogP contribution in [0, 0.1) is 56.7 Å². The number of nitriles is 5. The predicted molar refractivity (Wildman–Crippen MR) is 284 cm³/mol. The summed E-state index contributed by atoms with van der Waals surface area (Å²) in [7, 11) is 0. The molecule has 0 radical (unpaired) electrons. The number of benzene rings is 9. The molecule has 12 rings (SSSR count). The minimum Gasteiger partial charge on any atom is -0.307 e. The van der Waals surface area contributed by atoms with Gasteiger partial charge in [-0.25, -0.2) is 0 Å². The smallest absolute Gasteiger partial charge is 0.0998 e. The van der Waals surface area contributed by atoms with Gasteiger partial charge in [-0.1, -0.05) is 72.8 Å². The Balaban J connectivity index is 1.18. The highest BCUT2D eigenvalue weighted by molar-refractivity contribution is 6.14. The first-order valence-electron chi connectivity index (χ1n) is 23.1. The molecule has 8 nitrogen and oxygen atoms in total. The normalized spacial score (nSPS) is 11.0. The van der Waals surface area contributed by atoms with E-state index < -0.39 is 0 Å². The standard InChI is InChI=1S/C64H34N8/c65-35-40-1-9-44(10-2-40)49-17-21-59-55(29-49)56-30-50(45-11-3-41(36-66)4-12-45)18-22-60(56)71(59)63-33-53(39-69)54(48-25-27-70-28-26-48)34-64(63)72-61-23-19-51(46-13-5-42(37-67)6-14-46)31-57(61)58-32-52(20-24-62(58)72)47-15-7-43(38-68)8-16-47/h1-34H. The van der Waals surface area contributed by atoms with E-state index in [1.165, 1.54) is 0 Å². The van der Waals surface area contributed by atoms with Crippen LogP contribution in [0.15, 0.2) is 207 Å². The second-order valence-electron chi connectivity index (χ2n) is 17.6. The van der Waals surface area contributed by atoms with Crippen LogP contribution in [-0.4, -0.2) is 14.1 Å². The molecule has 330 valence electrons. The highest BCUT2D eigenvalue weighted by Gasteiger charge is 2.24. The summed E-state index contributed by atoms with van der Waals surface area (Å²) in [5.74, 6) is 0. The lowest BCUT2D eigenvalue weighted by atomic mass is 9.98. The first kappa shape index (κ1) is 42.5. The molecular weight excluding hydrogens is 881 g/mol. The molecule has 0 N–H and O–H groups in total. The first-order valence-corrected chi connectivity index (χ1v) is 23.1. The Morgan fingerprint density at radius 1 is 0.278 bits per heavy atom. The monoisotopic (exact) mass is 914 g/mol. The molecule has 0 aliphatic carbocycles. The van der Waals surface area contributed by atoms with Crippen LogP contribution in [0.25, 0.3) is 111 Å². The molecule has 0 spiro atoms. The number of fused-ring (bicyclic) bond motifs is 6. The van der Waals surface area contributed by atoms with Gasteiger partial charge in [-0.15, -0.1) is 0 Å². The summed E-state index contributed by atoms with van der Waals surface area (Å²) in [5.41, 5.74) is 17.6. The molecule has 0 aliphatic heterocycles. The SMILES string of the molecule is N#Cc1ccc(-c2ccc3c(c2)c2cc(-c4ccc(C#N)cc4)ccc2n3-c2cc(C#N)c(-c3ccncc3)cc2-n2c3ccc(-c4ccc(C#N)cc4)cc3c3cc(-c4ccc(C#N)cc4)ccc32)cc1. The van der Waals surface area contributed by atoms with E-state index in [0.717, 1.165) is 111 Å². The summed E-state index contributed by atoms with van der Waals surface area (Å²) in [6.45, 7) is 0. The van der Waals surface area contributed by atoms with E-state index in [-0.39, 0.29) is 0 Å². The van der Waals surface area contributed by atoms with Gasteiger partial charge in [0.2, 0.25) is 0 Å². The van der Waals surface area contributed by atoms with Crippen molar-refractivity contribution in [2.24, 2.45) is 0 Å². The highest BCUT2D eigenvalue weighted by atomic mass is 15.1. The van der Waals surface area contributed by atoms with Crippen molar-refractivity contribution in [2.45, 2.75) is 0 Å². The zero-order valence-corrected chi connectivity index (χ0v) is 38.2. The van der Waals surface area contributed by atoms with E-state index in [9.17, 15) is 26.3 Å². The Morgan fingerprint density at radius 2 is 0.569 bits per heavy atom. The Labute approximate surface area is 413 Å². The number of hydrogen-bond acceptors (Lipinski definition) is 6. The predicted octanol–water partition coefficient (Wildman–Crippen LogP) is 15.0. The third-order valence-electron chi connectivity index (χ3n) is 13.6. The van der Waals surface area contributed by atoms with Crippen LogP contribution in [0.4, 0.5) is 0 Å². The van der Waals surface area contributed by atoms with Crippen LogP contribution in [0.2, 0.25) is 0 Å². The Kier molecular flexibility index (Phi) is 10.3. The quantitative estimate of drug-likeness (QED) is 0.156. The molecule has 3 heterocycles. The van der Waals surface area contributed by atoms with E-state index in [0.29, 0.717) is 27.8 Å². The van der Waals surface area contributed by atoms with Gasteiger partial charge in [0.25, 0.3) is 0 Å². The van der Waals surface area contributed by atoms with Crippen molar-refractivity contribution in [3.8, 4) is 97.4 Å². The van der Waals surface area contributed by atoms with Crippen LogP contribution in [-0.2, 0) is 0 Å². The minimum atomic E-state index is 0.491. The van der Waals surface area contributed by atoms with Crippen LogP contribution in [0.1, 0.15) is 27.8 Å². The molecule has 8 heteroatoms. The number of pyridine rings is 1. The molecule has 0 fully saturated rings. The average Bonchev–Trinajstić information content (AvgIpc) is 3.96. The third kappa shape index (κ3) is 7.17. The maximum atomic E-state index is 11.1. The highest BCUT2D eigenvalue weighted by Crippen LogP contribution is 2.44. The van der Waals surface area contributed by atoms with E-state index in [2.05, 4.69) is 123 Å². The zero-order chi connectivity index (χ0) is 48.9. The fraction of sp³-hybridized carbons (Fsp3) is 0. The zero-order valence-electron chi connectivity index (χ0n) is 38.2. The van der Waals surface area contributed by atoms with E-state index >= 15 is 0 Å². The Morgan fingerprint density at radius 3 is 0.861 bits per heavy atom. The van der Waals surface area contributed by atoms with Crippen molar-refractivity contribution in [1.29, 1.82) is 26.3 Å². The average molecular weight is 915 g/mol. The van der Waals surface area contributed by atoms with Crippen LogP contribution < -0.4 is 0 Å². The first-order chi connectivity index (χ1) is 35.4. The topological polar surface area (TPSA) is 142 Å². The summed E-state index contributed by atoms with van der Waals surface area (Å²) in [4.78, 5) is 4.32. The third-order valence-corrected chi connectivity index (χ3v) is 13.6. The van der Waals surface area contributed by atoms with Gasteiger partial charge in [0.1, 0.15) is 0 Å². The lowest BCUT2D eigenvalue weighted by Crippen LogP contribution is -2.05. The molecule has 0 amide bonds. The summed E-state index contributed by atoms with van der Waals surface area (Å²) >= 11 is 0. The molecule has 0 saturated heterocycles.